The van der Waals surface area contributed by atoms with Gasteiger partial charge in [0.2, 0.25) is 0 Å². The van der Waals surface area contributed by atoms with E-state index in [2.05, 4.69) is 22.5 Å². The molecule has 1 aliphatic rings. The van der Waals surface area contributed by atoms with Crippen LogP contribution in [0.1, 0.15) is 28.0 Å². The van der Waals surface area contributed by atoms with Gasteiger partial charge >= 0.3 is 6.18 Å². The summed E-state index contributed by atoms with van der Waals surface area (Å²) in [6.07, 6.45) is -4.92. The Labute approximate surface area is 242 Å². The van der Waals surface area contributed by atoms with E-state index in [0.29, 0.717) is 48.3 Å². The molecule has 3 aromatic rings. The van der Waals surface area contributed by atoms with Gasteiger partial charge < -0.3 is 35.3 Å². The first-order chi connectivity index (χ1) is 20.0. The lowest BCUT2D eigenvalue weighted by atomic mass is 10.0. The number of hydrogen-bond donors (Lipinski definition) is 3. The number of likely N-dealkylation sites (tertiary alicyclic amines) is 1. The van der Waals surface area contributed by atoms with Crippen LogP contribution in [0.2, 0.25) is 0 Å². The summed E-state index contributed by atoms with van der Waals surface area (Å²) >= 11 is 0. The molecule has 226 valence electrons. The molecule has 12 heteroatoms. The second-order valence-corrected chi connectivity index (χ2v) is 10.2. The number of nitrogen functional groups attached to an aromatic ring is 1. The Bertz CT molecular complexity index is 1480. The second kappa shape index (κ2) is 13.4. The third-order valence-electron chi connectivity index (χ3n) is 7.18. The molecule has 2 atom stereocenters. The summed E-state index contributed by atoms with van der Waals surface area (Å²) in [6.45, 7) is 0.417. The summed E-state index contributed by atoms with van der Waals surface area (Å²) in [5, 5.41) is 6.45. The number of nitrogens with two attached hydrogens (primary N) is 1. The fourth-order valence-electron chi connectivity index (χ4n) is 5.10. The van der Waals surface area contributed by atoms with Gasteiger partial charge in [-0.05, 0) is 43.7 Å². The summed E-state index contributed by atoms with van der Waals surface area (Å²) < 4.78 is 67.0. The average Bonchev–Trinajstić information content (AvgIpc) is 3.27. The molecule has 8 nitrogen and oxygen atoms in total. The third kappa shape index (κ3) is 7.27. The lowest BCUT2D eigenvalue weighted by Gasteiger charge is -2.33. The van der Waals surface area contributed by atoms with Crippen molar-refractivity contribution in [3.05, 3.63) is 53.2 Å². The predicted molar refractivity (Wildman–Crippen MR) is 155 cm³/mol. The number of benzene rings is 2. The number of hydrogen-bond acceptors (Lipinski definition) is 6. The lowest BCUT2D eigenvalue weighted by molar-refractivity contribution is -0.140. The number of amides is 1. The van der Waals surface area contributed by atoms with E-state index in [-0.39, 0.29) is 41.6 Å². The number of halogens is 4. The molecule has 0 bridgehead atoms. The first-order valence-electron chi connectivity index (χ1n) is 13.5. The van der Waals surface area contributed by atoms with Crippen LogP contribution in [0.5, 0.6) is 5.75 Å². The largest absolute Gasteiger partial charge is 0.494 e. The standard InChI is InChI=1S/C30H35F4N5O3/c1-38-14-12-25(23(31)17-38)37-24-8-5-9-26-22(24)16-20(39(26)18-30(32,33)34)7-4-6-19-10-11-21(27(35)28(19)42-3)29(40)36-13-15-41-2/h5,8-11,16,23,25,37H,6,12-15,17-18,35H2,1-3H3,(H,36,40)/t23-,25+/m0/s1. The predicted octanol–water partition coefficient (Wildman–Crippen LogP) is 4.22. The summed E-state index contributed by atoms with van der Waals surface area (Å²) in [4.78, 5) is 14.4. The van der Waals surface area contributed by atoms with Crippen LogP contribution >= 0.6 is 0 Å². The molecule has 1 aliphatic heterocycles. The molecule has 0 aliphatic carbocycles. The number of anilines is 2. The number of fused-ring (bicyclic) bond motifs is 1. The molecule has 0 unspecified atom stereocenters. The number of ether oxygens (including phenoxy) is 2. The zero-order chi connectivity index (χ0) is 30.4. The topological polar surface area (TPSA) is 93.8 Å². The summed E-state index contributed by atoms with van der Waals surface area (Å²) in [5.74, 6) is 5.69. The van der Waals surface area contributed by atoms with Gasteiger partial charge in [0.25, 0.3) is 5.91 Å². The number of carbonyl (C=O) groups is 1. The van der Waals surface area contributed by atoms with Gasteiger partial charge in [0, 0.05) is 49.8 Å². The van der Waals surface area contributed by atoms with Gasteiger partial charge in [0.15, 0.2) is 0 Å². The highest BCUT2D eigenvalue weighted by Gasteiger charge is 2.31. The number of methoxy groups -OCH3 is 2. The van der Waals surface area contributed by atoms with Crippen LogP contribution in [0.3, 0.4) is 0 Å². The zero-order valence-corrected chi connectivity index (χ0v) is 23.8. The zero-order valence-electron chi connectivity index (χ0n) is 23.8. The van der Waals surface area contributed by atoms with Crippen LogP contribution in [0.25, 0.3) is 10.9 Å². The van der Waals surface area contributed by atoms with Crippen LogP contribution in [0, 0.1) is 11.8 Å². The van der Waals surface area contributed by atoms with Crippen molar-refractivity contribution in [3.63, 3.8) is 0 Å². The Kier molecular flexibility index (Phi) is 9.85. The molecule has 0 radical (unpaired) electrons. The third-order valence-corrected chi connectivity index (χ3v) is 7.18. The molecule has 4 rings (SSSR count). The minimum Gasteiger partial charge on any atom is -0.494 e. The summed E-state index contributed by atoms with van der Waals surface area (Å²) in [7, 11) is 4.79. The molecule has 1 aromatic heterocycles. The van der Waals surface area contributed by atoms with Crippen molar-refractivity contribution in [2.45, 2.75) is 37.8 Å². The molecule has 42 heavy (non-hydrogen) atoms. The van der Waals surface area contributed by atoms with Crippen LogP contribution in [-0.2, 0) is 17.7 Å². The van der Waals surface area contributed by atoms with Crippen LogP contribution in [0.15, 0.2) is 36.4 Å². The molecule has 1 fully saturated rings. The van der Waals surface area contributed by atoms with E-state index in [9.17, 15) is 22.4 Å². The monoisotopic (exact) mass is 589 g/mol. The Morgan fingerprint density at radius 2 is 2.00 bits per heavy atom. The molecular formula is C30H35F4N5O3. The smallest absolute Gasteiger partial charge is 0.406 e. The quantitative estimate of drug-likeness (QED) is 0.150. The second-order valence-electron chi connectivity index (χ2n) is 10.2. The molecule has 2 aromatic carbocycles. The summed E-state index contributed by atoms with van der Waals surface area (Å²) in [6, 6.07) is 9.33. The number of nitrogens with one attached hydrogen (secondary N) is 2. The van der Waals surface area contributed by atoms with E-state index in [1.54, 1.807) is 36.4 Å². The van der Waals surface area contributed by atoms with Gasteiger partial charge in [0.05, 0.1) is 42.2 Å². The van der Waals surface area contributed by atoms with Crippen molar-refractivity contribution in [3.8, 4) is 17.6 Å². The molecule has 1 saturated heterocycles. The Morgan fingerprint density at radius 1 is 1.21 bits per heavy atom. The molecule has 2 heterocycles. The fraction of sp³-hybridized carbons (Fsp3) is 0.433. The minimum atomic E-state index is -4.48. The molecule has 4 N–H and O–H groups in total. The van der Waals surface area contributed by atoms with Crippen LogP contribution in [0.4, 0.5) is 28.9 Å². The minimum absolute atomic E-state index is 0.108. The van der Waals surface area contributed by atoms with Crippen molar-refractivity contribution in [1.82, 2.24) is 14.8 Å². The van der Waals surface area contributed by atoms with Gasteiger partial charge in [-0.15, -0.1) is 0 Å². The van der Waals surface area contributed by atoms with Gasteiger partial charge in [-0.3, -0.25) is 4.79 Å². The number of carbonyl (C=O) groups excluding carboxylic acids is 1. The lowest BCUT2D eigenvalue weighted by Crippen LogP contribution is -2.46. The van der Waals surface area contributed by atoms with Gasteiger partial charge in [-0.2, -0.15) is 13.2 Å². The molecule has 0 saturated carbocycles. The highest BCUT2D eigenvalue weighted by Crippen LogP contribution is 2.33. The van der Waals surface area contributed by atoms with Crippen molar-refractivity contribution >= 4 is 28.2 Å². The number of rotatable bonds is 9. The number of piperidine rings is 1. The van der Waals surface area contributed by atoms with Crippen LogP contribution in [-0.4, -0.2) is 81.3 Å². The number of aromatic nitrogens is 1. The Morgan fingerprint density at radius 3 is 2.69 bits per heavy atom. The maximum atomic E-state index is 14.7. The normalized spacial score (nSPS) is 17.5. The fourth-order valence-corrected chi connectivity index (χ4v) is 5.10. The Balaban J connectivity index is 1.64. The molecule has 1 amide bonds. The van der Waals surface area contributed by atoms with E-state index in [4.69, 9.17) is 15.2 Å². The molecular weight excluding hydrogens is 554 g/mol. The van der Waals surface area contributed by atoms with Gasteiger partial charge in [-0.25, -0.2) is 4.39 Å². The SMILES string of the molecule is COCCNC(=O)c1ccc(CC#Cc2cc3c(N[C@@H]4CCN(C)C[C@@H]4F)cccc3n2CC(F)(F)F)c(OC)c1N. The van der Waals surface area contributed by atoms with E-state index in [1.165, 1.54) is 14.2 Å². The van der Waals surface area contributed by atoms with Gasteiger partial charge in [-0.1, -0.05) is 18.1 Å². The van der Waals surface area contributed by atoms with E-state index in [1.807, 2.05) is 11.9 Å². The van der Waals surface area contributed by atoms with Crippen molar-refractivity contribution in [2.24, 2.45) is 0 Å². The van der Waals surface area contributed by atoms with Gasteiger partial charge in [0.1, 0.15) is 18.5 Å². The highest BCUT2D eigenvalue weighted by atomic mass is 19.4. The van der Waals surface area contributed by atoms with Crippen molar-refractivity contribution in [1.29, 1.82) is 0 Å². The van der Waals surface area contributed by atoms with Crippen molar-refractivity contribution < 1.29 is 31.8 Å². The maximum Gasteiger partial charge on any atom is 0.406 e. The van der Waals surface area contributed by atoms with Crippen LogP contribution < -0.4 is 21.1 Å². The number of nitrogens with zero attached hydrogens (tertiary/aromatic N) is 2. The molecule has 0 spiro atoms. The average molecular weight is 590 g/mol. The highest BCUT2D eigenvalue weighted by molar-refractivity contribution is 6.00. The first-order valence-corrected chi connectivity index (χ1v) is 13.5. The maximum absolute atomic E-state index is 14.7. The van der Waals surface area contributed by atoms with E-state index >= 15 is 0 Å². The van der Waals surface area contributed by atoms with E-state index in [0.717, 1.165) is 4.57 Å². The first kappa shape index (κ1) is 31.0. The Hall–Kier alpha value is -3.95. The van der Waals surface area contributed by atoms with E-state index < -0.39 is 24.9 Å². The number of alkyl halides is 4. The van der Waals surface area contributed by atoms with Crippen molar-refractivity contribution in [2.75, 3.05) is 58.6 Å². The summed E-state index contributed by atoms with van der Waals surface area (Å²) in [5.41, 5.74) is 8.21.